The molecule has 0 spiro atoms. The summed E-state index contributed by atoms with van der Waals surface area (Å²) in [6.07, 6.45) is 2.53. The Morgan fingerprint density at radius 3 is 2.73 bits per heavy atom. The summed E-state index contributed by atoms with van der Waals surface area (Å²) in [5, 5.41) is 3.63. The zero-order chi connectivity index (χ0) is 16.5. The average molecular weight is 312 g/mol. The van der Waals surface area contributed by atoms with Gasteiger partial charge in [-0.25, -0.2) is 4.79 Å². The van der Waals surface area contributed by atoms with E-state index in [0.29, 0.717) is 24.6 Å². The van der Waals surface area contributed by atoms with Crippen molar-refractivity contribution < 1.29 is 14.3 Å². The van der Waals surface area contributed by atoms with Crippen molar-refractivity contribution in [2.45, 2.75) is 65.2 Å². The Kier molecular flexibility index (Phi) is 5.07. The third-order valence-electron chi connectivity index (χ3n) is 4.85. The van der Waals surface area contributed by atoms with E-state index in [1.807, 2.05) is 20.8 Å². The van der Waals surface area contributed by atoms with Crippen LogP contribution in [0.3, 0.4) is 0 Å². The second kappa shape index (κ2) is 6.36. The van der Waals surface area contributed by atoms with Gasteiger partial charge in [-0.3, -0.25) is 0 Å². The smallest absolute Gasteiger partial charge is 0.410 e. The van der Waals surface area contributed by atoms with E-state index in [-0.39, 0.29) is 11.5 Å². The fourth-order valence-electron chi connectivity index (χ4n) is 3.76. The van der Waals surface area contributed by atoms with Crippen LogP contribution in [0.15, 0.2) is 0 Å². The first-order valence-corrected chi connectivity index (χ1v) is 8.42. The lowest BCUT2D eigenvalue weighted by Crippen LogP contribution is -2.69. The van der Waals surface area contributed by atoms with Crippen LogP contribution in [0.25, 0.3) is 0 Å². The van der Waals surface area contributed by atoms with E-state index >= 15 is 0 Å². The average Bonchev–Trinajstić information content (AvgIpc) is 2.41. The molecule has 3 atom stereocenters. The molecule has 5 nitrogen and oxygen atoms in total. The summed E-state index contributed by atoms with van der Waals surface area (Å²) in [4.78, 5) is 13.6. The second-order valence-corrected chi connectivity index (χ2v) is 8.25. The molecule has 1 N–H and O–H groups in total. The van der Waals surface area contributed by atoms with Gasteiger partial charge in [-0.1, -0.05) is 13.8 Å². The van der Waals surface area contributed by atoms with Crippen molar-refractivity contribution in [2.75, 3.05) is 26.7 Å². The normalized spacial score (nSPS) is 30.2. The summed E-state index contributed by atoms with van der Waals surface area (Å²) >= 11 is 0. The number of hydrogen-bond donors (Lipinski definition) is 1. The molecule has 0 radical (unpaired) electrons. The molecule has 1 aliphatic carbocycles. The molecule has 1 amide bonds. The lowest BCUT2D eigenvalue weighted by Gasteiger charge is -2.60. The Hall–Kier alpha value is -0.810. The third kappa shape index (κ3) is 3.74. The summed E-state index contributed by atoms with van der Waals surface area (Å²) in [5.74, 6) is 0.621. The fraction of sp³-hybridized carbons (Fsp3) is 0.941. The molecule has 0 aromatic carbocycles. The predicted molar refractivity (Wildman–Crippen MR) is 86.9 cm³/mol. The molecule has 22 heavy (non-hydrogen) atoms. The summed E-state index contributed by atoms with van der Waals surface area (Å²) in [6, 6.07) is 0.477. The number of carbonyl (C=O) groups excluding carboxylic acids is 1. The molecule has 2 rings (SSSR count). The van der Waals surface area contributed by atoms with Crippen molar-refractivity contribution >= 4 is 6.09 Å². The molecule has 128 valence electrons. The van der Waals surface area contributed by atoms with Crippen LogP contribution in [0, 0.1) is 11.3 Å². The van der Waals surface area contributed by atoms with Gasteiger partial charge in [0.1, 0.15) is 5.60 Å². The highest BCUT2D eigenvalue weighted by Gasteiger charge is 2.57. The van der Waals surface area contributed by atoms with Crippen LogP contribution in [0.1, 0.15) is 47.5 Å². The molecule has 1 aliphatic heterocycles. The highest BCUT2D eigenvalue weighted by Crippen LogP contribution is 2.51. The summed E-state index contributed by atoms with van der Waals surface area (Å²) in [6.45, 7) is 12.5. The van der Waals surface area contributed by atoms with Crippen LogP contribution in [-0.2, 0) is 9.47 Å². The van der Waals surface area contributed by atoms with Crippen molar-refractivity contribution in [2.24, 2.45) is 11.3 Å². The van der Waals surface area contributed by atoms with Crippen molar-refractivity contribution in [1.82, 2.24) is 10.2 Å². The molecule has 1 heterocycles. The molecule has 5 heteroatoms. The maximum absolute atomic E-state index is 11.9. The van der Waals surface area contributed by atoms with E-state index in [1.54, 1.807) is 11.9 Å². The Bertz CT molecular complexity index is 403. The lowest BCUT2D eigenvalue weighted by atomic mass is 9.55. The van der Waals surface area contributed by atoms with Gasteiger partial charge in [0.15, 0.2) is 0 Å². The van der Waals surface area contributed by atoms with Gasteiger partial charge in [-0.05, 0) is 33.6 Å². The Balaban J connectivity index is 1.75. The standard InChI is InChI=1S/C17H32N2O3/c1-16(2,3)22-15(20)19(6)10-9-18-13-12-8-7-11-21-14(12)17(13,4)5/h12-14,18H,7-11H2,1-6H3. The van der Waals surface area contributed by atoms with Gasteiger partial charge in [0.25, 0.3) is 0 Å². The first-order valence-electron chi connectivity index (χ1n) is 8.42. The van der Waals surface area contributed by atoms with Gasteiger partial charge in [0.2, 0.25) is 0 Å². The zero-order valence-corrected chi connectivity index (χ0v) is 14.9. The fourth-order valence-corrected chi connectivity index (χ4v) is 3.76. The number of carbonyl (C=O) groups is 1. The monoisotopic (exact) mass is 312 g/mol. The maximum atomic E-state index is 11.9. The molecular formula is C17H32N2O3. The van der Waals surface area contributed by atoms with E-state index in [2.05, 4.69) is 19.2 Å². The molecule has 0 bridgehead atoms. The molecular weight excluding hydrogens is 280 g/mol. The predicted octanol–water partition coefficient (Wildman–Crippen LogP) is 2.65. The van der Waals surface area contributed by atoms with Crippen LogP contribution < -0.4 is 5.32 Å². The van der Waals surface area contributed by atoms with E-state index in [1.165, 1.54) is 6.42 Å². The molecule has 3 unspecified atom stereocenters. The maximum Gasteiger partial charge on any atom is 0.410 e. The van der Waals surface area contributed by atoms with Gasteiger partial charge in [0.05, 0.1) is 6.10 Å². The Morgan fingerprint density at radius 1 is 1.41 bits per heavy atom. The Labute approximate surface area is 134 Å². The van der Waals surface area contributed by atoms with Gasteiger partial charge in [-0.15, -0.1) is 0 Å². The molecule has 0 aromatic rings. The zero-order valence-electron chi connectivity index (χ0n) is 14.9. The SMILES string of the molecule is CN(CCNC1C2CCCOC2C1(C)C)C(=O)OC(C)(C)C. The number of hydrogen-bond acceptors (Lipinski definition) is 4. The highest BCUT2D eigenvalue weighted by atomic mass is 16.6. The quantitative estimate of drug-likeness (QED) is 0.867. The van der Waals surface area contributed by atoms with E-state index in [0.717, 1.165) is 19.6 Å². The minimum absolute atomic E-state index is 0.176. The van der Waals surface area contributed by atoms with Crippen LogP contribution >= 0.6 is 0 Å². The number of rotatable bonds is 4. The third-order valence-corrected chi connectivity index (χ3v) is 4.85. The van der Waals surface area contributed by atoms with Crippen molar-refractivity contribution in [3.8, 4) is 0 Å². The summed E-state index contributed by atoms with van der Waals surface area (Å²) in [7, 11) is 1.79. The second-order valence-electron chi connectivity index (χ2n) is 8.25. The lowest BCUT2D eigenvalue weighted by molar-refractivity contribution is -0.192. The first kappa shape index (κ1) is 17.5. The van der Waals surface area contributed by atoms with Crippen LogP contribution in [0.5, 0.6) is 0 Å². The van der Waals surface area contributed by atoms with E-state index < -0.39 is 5.60 Å². The largest absolute Gasteiger partial charge is 0.444 e. The van der Waals surface area contributed by atoms with E-state index in [4.69, 9.17) is 9.47 Å². The summed E-state index contributed by atoms with van der Waals surface area (Å²) < 4.78 is 11.3. The number of nitrogens with zero attached hydrogens (tertiary/aromatic N) is 1. The number of ether oxygens (including phenoxy) is 2. The summed E-state index contributed by atoms with van der Waals surface area (Å²) in [5.41, 5.74) is -0.267. The van der Waals surface area contributed by atoms with Crippen LogP contribution in [-0.4, -0.2) is 55.5 Å². The van der Waals surface area contributed by atoms with Crippen LogP contribution in [0.2, 0.25) is 0 Å². The Morgan fingerprint density at radius 2 is 2.09 bits per heavy atom. The van der Waals surface area contributed by atoms with Crippen LogP contribution in [0.4, 0.5) is 4.79 Å². The number of amides is 1. The minimum Gasteiger partial charge on any atom is -0.444 e. The highest BCUT2D eigenvalue weighted by molar-refractivity contribution is 5.67. The van der Waals surface area contributed by atoms with Crippen molar-refractivity contribution in [1.29, 1.82) is 0 Å². The molecule has 1 saturated carbocycles. The number of likely N-dealkylation sites (N-methyl/N-ethyl adjacent to an activating group) is 1. The topological polar surface area (TPSA) is 50.8 Å². The van der Waals surface area contributed by atoms with Gasteiger partial charge < -0.3 is 19.7 Å². The van der Waals surface area contributed by atoms with E-state index in [9.17, 15) is 4.79 Å². The van der Waals surface area contributed by atoms with Gasteiger partial charge in [0, 0.05) is 44.1 Å². The van der Waals surface area contributed by atoms with Crippen molar-refractivity contribution in [3.05, 3.63) is 0 Å². The van der Waals surface area contributed by atoms with Gasteiger partial charge >= 0.3 is 6.09 Å². The molecule has 1 saturated heterocycles. The molecule has 2 aliphatic rings. The van der Waals surface area contributed by atoms with Crippen molar-refractivity contribution in [3.63, 3.8) is 0 Å². The molecule has 2 fully saturated rings. The number of fused-ring (bicyclic) bond motifs is 1. The number of nitrogens with one attached hydrogen (secondary N) is 1. The minimum atomic E-state index is -0.443. The molecule has 0 aromatic heterocycles. The van der Waals surface area contributed by atoms with Gasteiger partial charge in [-0.2, -0.15) is 0 Å². The first-order chi connectivity index (χ1) is 10.1.